The number of fused-ring (bicyclic) bond motifs is 2. The van der Waals surface area contributed by atoms with Crippen LogP contribution < -0.4 is 0 Å². The van der Waals surface area contributed by atoms with Crippen molar-refractivity contribution in [3.63, 3.8) is 0 Å². The maximum absolute atomic E-state index is 13.0. The fraction of sp³-hybridized carbons (Fsp3) is 0.909. The molecule has 5 heteroatoms. The first kappa shape index (κ1) is 21.0. The summed E-state index contributed by atoms with van der Waals surface area (Å²) in [4.78, 5) is 25.6. The van der Waals surface area contributed by atoms with E-state index in [0.717, 1.165) is 25.7 Å². The van der Waals surface area contributed by atoms with Gasteiger partial charge in [0.1, 0.15) is 5.78 Å². The fourth-order valence-corrected chi connectivity index (χ4v) is 7.63. The van der Waals surface area contributed by atoms with Crippen LogP contribution in [0.4, 0.5) is 0 Å². The number of methoxy groups -OCH3 is 1. The van der Waals surface area contributed by atoms with Gasteiger partial charge in [-0.1, -0.05) is 41.5 Å². The molecular formula is C22H38O4Si. The predicted molar refractivity (Wildman–Crippen MR) is 109 cm³/mol. The summed E-state index contributed by atoms with van der Waals surface area (Å²) in [5, 5.41) is 0.0700. The number of esters is 1. The van der Waals surface area contributed by atoms with Crippen molar-refractivity contribution < 1.29 is 18.8 Å². The second-order valence-corrected chi connectivity index (χ2v) is 16.5. The molecule has 3 saturated carbocycles. The first-order valence-corrected chi connectivity index (χ1v) is 13.3. The quantitative estimate of drug-likeness (QED) is 0.501. The van der Waals surface area contributed by atoms with Crippen LogP contribution in [0.5, 0.6) is 0 Å². The van der Waals surface area contributed by atoms with Gasteiger partial charge in [0.2, 0.25) is 0 Å². The minimum Gasteiger partial charge on any atom is -0.469 e. The molecule has 0 aromatic rings. The highest BCUT2D eigenvalue weighted by Gasteiger charge is 2.73. The zero-order chi connectivity index (χ0) is 20.6. The molecule has 0 N–H and O–H groups in total. The summed E-state index contributed by atoms with van der Waals surface area (Å²) in [5.74, 6) is 0.503. The lowest BCUT2D eigenvalue weighted by Gasteiger charge is -2.68. The summed E-state index contributed by atoms with van der Waals surface area (Å²) >= 11 is 0. The largest absolute Gasteiger partial charge is 0.469 e. The van der Waals surface area contributed by atoms with E-state index in [1.807, 2.05) is 0 Å². The van der Waals surface area contributed by atoms with Crippen LogP contribution in [0.2, 0.25) is 18.1 Å². The van der Waals surface area contributed by atoms with E-state index in [-0.39, 0.29) is 33.7 Å². The van der Waals surface area contributed by atoms with Crippen molar-refractivity contribution in [2.75, 3.05) is 7.11 Å². The summed E-state index contributed by atoms with van der Waals surface area (Å²) < 4.78 is 12.3. The zero-order valence-electron chi connectivity index (χ0n) is 18.7. The maximum atomic E-state index is 13.0. The van der Waals surface area contributed by atoms with E-state index in [4.69, 9.17) is 9.16 Å². The predicted octanol–water partition coefficient (Wildman–Crippen LogP) is 4.97. The molecule has 0 aromatic heterocycles. The number of hydrogen-bond acceptors (Lipinski definition) is 4. The van der Waals surface area contributed by atoms with Crippen molar-refractivity contribution in [1.82, 2.24) is 0 Å². The molecule has 0 bridgehead atoms. The number of carbonyl (C=O) groups is 2. The Labute approximate surface area is 165 Å². The molecule has 3 rings (SSSR count). The lowest BCUT2D eigenvalue weighted by molar-refractivity contribution is -0.241. The van der Waals surface area contributed by atoms with Crippen LogP contribution in [-0.4, -0.2) is 32.8 Å². The molecule has 0 saturated heterocycles. The number of ether oxygens (including phenoxy) is 1. The van der Waals surface area contributed by atoms with E-state index >= 15 is 0 Å². The van der Waals surface area contributed by atoms with Gasteiger partial charge in [-0.2, -0.15) is 0 Å². The Bertz CT molecular complexity index is 662. The van der Waals surface area contributed by atoms with Gasteiger partial charge in [-0.05, 0) is 55.1 Å². The monoisotopic (exact) mass is 394 g/mol. The van der Waals surface area contributed by atoms with Gasteiger partial charge < -0.3 is 9.16 Å². The van der Waals surface area contributed by atoms with Gasteiger partial charge in [0.25, 0.3) is 0 Å². The molecule has 0 aromatic carbocycles. The van der Waals surface area contributed by atoms with Crippen LogP contribution in [0.25, 0.3) is 0 Å². The number of ketones is 1. The summed E-state index contributed by atoms with van der Waals surface area (Å²) in [6.45, 7) is 17.7. The average Bonchev–Trinajstić information content (AvgIpc) is 2.72. The molecule has 27 heavy (non-hydrogen) atoms. The molecular weight excluding hydrogens is 356 g/mol. The van der Waals surface area contributed by atoms with E-state index in [0.29, 0.717) is 11.7 Å². The Kier molecular flexibility index (Phi) is 4.61. The number of Topliss-reactive ketones (excluding diaryl/α,β-unsaturated/α-hetero) is 1. The van der Waals surface area contributed by atoms with Gasteiger partial charge in [0.05, 0.1) is 18.6 Å². The Morgan fingerprint density at radius 3 is 2.19 bits per heavy atom. The smallest absolute Gasteiger partial charge is 0.311 e. The molecule has 0 amide bonds. The van der Waals surface area contributed by atoms with Crippen molar-refractivity contribution in [3.05, 3.63) is 0 Å². The number of rotatable bonds is 3. The highest BCUT2D eigenvalue weighted by atomic mass is 28.4. The third kappa shape index (κ3) is 2.86. The van der Waals surface area contributed by atoms with Crippen molar-refractivity contribution >= 4 is 20.1 Å². The van der Waals surface area contributed by atoms with Crippen molar-refractivity contribution in [1.29, 1.82) is 0 Å². The molecule has 0 spiro atoms. The first-order valence-electron chi connectivity index (χ1n) is 10.4. The van der Waals surface area contributed by atoms with Gasteiger partial charge in [-0.25, -0.2) is 0 Å². The van der Waals surface area contributed by atoms with Crippen LogP contribution in [0, 0.1) is 28.6 Å². The molecule has 3 aliphatic carbocycles. The van der Waals surface area contributed by atoms with Crippen LogP contribution in [0.3, 0.4) is 0 Å². The van der Waals surface area contributed by atoms with E-state index in [9.17, 15) is 9.59 Å². The van der Waals surface area contributed by atoms with Gasteiger partial charge in [-0.3, -0.25) is 9.59 Å². The highest BCUT2D eigenvalue weighted by Crippen LogP contribution is 2.70. The van der Waals surface area contributed by atoms with Gasteiger partial charge in [0, 0.05) is 11.3 Å². The lowest BCUT2D eigenvalue weighted by Crippen LogP contribution is -2.73. The standard InChI is InChI=1S/C22H38O4Si/c1-19(2,3)27(8,9)26-22-11-14-10-20(4,5)17(23)15(14)12-21(22,6)13-16(22)18(24)25-7/h14-16H,10-13H2,1-9H3/t14-,15+,16+,21-,22-/m1/s1. The van der Waals surface area contributed by atoms with Gasteiger partial charge >= 0.3 is 5.97 Å². The lowest BCUT2D eigenvalue weighted by atomic mass is 9.43. The molecule has 0 radical (unpaired) electrons. The van der Waals surface area contributed by atoms with Crippen molar-refractivity contribution in [2.24, 2.45) is 28.6 Å². The molecule has 0 heterocycles. The summed E-state index contributed by atoms with van der Waals surface area (Å²) in [7, 11) is -0.614. The SMILES string of the molecule is COC(=O)[C@@H]1C[C@@]2(C)C[C@@H]3C(=O)C(C)(C)C[C@@H]3C[C@@]12O[Si](C)(C)C(C)(C)C. The second-order valence-electron chi connectivity index (χ2n) is 11.8. The Balaban J connectivity index is 2.02. The summed E-state index contributed by atoms with van der Waals surface area (Å²) in [6.07, 6.45) is 3.34. The molecule has 0 aliphatic heterocycles. The number of hydrogen-bond donors (Lipinski definition) is 0. The third-order valence-corrected chi connectivity index (χ3v) is 13.0. The van der Waals surface area contributed by atoms with Crippen molar-refractivity contribution in [2.45, 2.75) is 91.0 Å². The first-order chi connectivity index (χ1) is 12.1. The summed E-state index contributed by atoms with van der Waals surface area (Å²) in [6, 6.07) is 0. The third-order valence-electron chi connectivity index (χ3n) is 8.55. The van der Waals surface area contributed by atoms with Gasteiger partial charge in [-0.15, -0.1) is 0 Å². The minimum absolute atomic E-state index is 0.0700. The van der Waals surface area contributed by atoms with E-state index in [1.54, 1.807) is 0 Å². The van der Waals surface area contributed by atoms with Crippen molar-refractivity contribution in [3.8, 4) is 0 Å². The average molecular weight is 395 g/mol. The Hall–Kier alpha value is -0.683. The fourth-order valence-electron chi connectivity index (χ4n) is 5.95. The molecule has 3 aliphatic rings. The molecule has 3 fully saturated rings. The Morgan fingerprint density at radius 2 is 1.67 bits per heavy atom. The minimum atomic E-state index is -2.09. The summed E-state index contributed by atoms with van der Waals surface area (Å²) in [5.41, 5.74) is -0.863. The van der Waals surface area contributed by atoms with Crippen LogP contribution in [-0.2, 0) is 18.8 Å². The molecule has 4 nitrogen and oxygen atoms in total. The van der Waals surface area contributed by atoms with E-state index in [2.05, 4.69) is 54.6 Å². The second kappa shape index (κ2) is 5.91. The normalized spacial score (nSPS) is 40.8. The molecule has 154 valence electrons. The van der Waals surface area contributed by atoms with Crippen LogP contribution in [0.1, 0.15) is 67.2 Å². The zero-order valence-corrected chi connectivity index (χ0v) is 19.7. The van der Waals surface area contributed by atoms with E-state index < -0.39 is 13.9 Å². The Morgan fingerprint density at radius 1 is 1.07 bits per heavy atom. The van der Waals surface area contributed by atoms with E-state index in [1.165, 1.54) is 7.11 Å². The topological polar surface area (TPSA) is 52.6 Å². The molecule has 0 unspecified atom stereocenters. The van der Waals surface area contributed by atoms with Gasteiger partial charge in [0.15, 0.2) is 8.32 Å². The maximum Gasteiger partial charge on any atom is 0.311 e. The van der Waals surface area contributed by atoms with Crippen LogP contribution in [0.15, 0.2) is 0 Å². The number of carbonyl (C=O) groups excluding carboxylic acids is 2. The highest BCUT2D eigenvalue weighted by molar-refractivity contribution is 6.74. The van der Waals surface area contributed by atoms with Crippen LogP contribution >= 0.6 is 0 Å². The molecule has 5 atom stereocenters.